The second kappa shape index (κ2) is 6.69. The molecule has 100 valence electrons. The van der Waals surface area contributed by atoms with E-state index < -0.39 is 10.0 Å². The smallest absolute Gasteiger partial charge is 0.251 e. The predicted molar refractivity (Wildman–Crippen MR) is 79.3 cm³/mol. The Morgan fingerprint density at radius 2 is 2.11 bits per heavy atom. The van der Waals surface area contributed by atoms with Crippen molar-refractivity contribution < 1.29 is 13.2 Å². The standard InChI is InChI=1S/C10H12ClIN2O3S/c1-13-18(16,17)5-4-14-10(15)7-2-3-9(12)8(11)6-7/h2-3,6,13H,4-5H2,1H3,(H,14,15). The summed E-state index contributed by atoms with van der Waals surface area (Å²) in [7, 11) is -1.97. The van der Waals surface area contributed by atoms with E-state index in [0.29, 0.717) is 10.6 Å². The lowest BCUT2D eigenvalue weighted by molar-refractivity contribution is 0.0956. The molecule has 0 radical (unpaired) electrons. The lowest BCUT2D eigenvalue weighted by Gasteiger charge is -2.06. The summed E-state index contributed by atoms with van der Waals surface area (Å²) >= 11 is 7.95. The van der Waals surface area contributed by atoms with Gasteiger partial charge in [0, 0.05) is 15.7 Å². The summed E-state index contributed by atoms with van der Waals surface area (Å²) < 4.78 is 25.3. The van der Waals surface area contributed by atoms with Crippen LogP contribution >= 0.6 is 34.2 Å². The Kier molecular flexibility index (Phi) is 5.83. The number of nitrogens with one attached hydrogen (secondary N) is 2. The van der Waals surface area contributed by atoms with Crippen molar-refractivity contribution in [2.75, 3.05) is 19.3 Å². The summed E-state index contributed by atoms with van der Waals surface area (Å²) in [5.74, 6) is -0.507. The molecule has 5 nitrogen and oxygen atoms in total. The third-order valence-electron chi connectivity index (χ3n) is 2.15. The van der Waals surface area contributed by atoms with Crippen LogP contribution < -0.4 is 10.0 Å². The largest absolute Gasteiger partial charge is 0.351 e. The maximum atomic E-state index is 11.7. The molecule has 0 unspecified atom stereocenters. The van der Waals surface area contributed by atoms with Gasteiger partial charge in [0.1, 0.15) is 0 Å². The highest BCUT2D eigenvalue weighted by Crippen LogP contribution is 2.19. The Morgan fingerprint density at radius 1 is 1.44 bits per heavy atom. The van der Waals surface area contributed by atoms with Crippen molar-refractivity contribution in [1.29, 1.82) is 0 Å². The van der Waals surface area contributed by atoms with Crippen molar-refractivity contribution in [3.8, 4) is 0 Å². The second-order valence-electron chi connectivity index (χ2n) is 3.41. The van der Waals surface area contributed by atoms with Gasteiger partial charge in [0.15, 0.2) is 0 Å². The van der Waals surface area contributed by atoms with Crippen LogP contribution in [0.15, 0.2) is 18.2 Å². The fraction of sp³-hybridized carbons (Fsp3) is 0.300. The van der Waals surface area contributed by atoms with Gasteiger partial charge in [-0.1, -0.05) is 11.6 Å². The van der Waals surface area contributed by atoms with Crippen molar-refractivity contribution in [3.63, 3.8) is 0 Å². The Morgan fingerprint density at radius 3 is 2.67 bits per heavy atom. The van der Waals surface area contributed by atoms with Crippen molar-refractivity contribution in [1.82, 2.24) is 10.0 Å². The summed E-state index contributed by atoms with van der Waals surface area (Å²) in [6, 6.07) is 4.91. The number of rotatable bonds is 5. The van der Waals surface area contributed by atoms with Crippen molar-refractivity contribution in [2.24, 2.45) is 0 Å². The predicted octanol–water partition coefficient (Wildman–Crippen LogP) is 1.22. The van der Waals surface area contributed by atoms with Gasteiger partial charge in [-0.2, -0.15) is 0 Å². The van der Waals surface area contributed by atoms with E-state index in [-0.39, 0.29) is 18.2 Å². The molecule has 1 rings (SSSR count). The van der Waals surface area contributed by atoms with Gasteiger partial charge in [-0.05, 0) is 47.8 Å². The Bertz CT molecular complexity index is 548. The number of sulfonamides is 1. The minimum Gasteiger partial charge on any atom is -0.351 e. The van der Waals surface area contributed by atoms with E-state index in [0.717, 1.165) is 3.57 Å². The highest BCUT2D eigenvalue weighted by Gasteiger charge is 2.10. The van der Waals surface area contributed by atoms with Crippen LogP contribution in [0.25, 0.3) is 0 Å². The Labute approximate surface area is 124 Å². The molecule has 0 heterocycles. The molecule has 0 aliphatic rings. The van der Waals surface area contributed by atoms with E-state index in [4.69, 9.17) is 11.6 Å². The SMILES string of the molecule is CNS(=O)(=O)CCNC(=O)c1ccc(I)c(Cl)c1. The van der Waals surface area contributed by atoms with Gasteiger partial charge in [-0.3, -0.25) is 4.79 Å². The van der Waals surface area contributed by atoms with Gasteiger partial charge >= 0.3 is 0 Å². The summed E-state index contributed by atoms with van der Waals surface area (Å²) in [4.78, 5) is 11.7. The van der Waals surface area contributed by atoms with E-state index in [2.05, 4.69) is 32.6 Å². The van der Waals surface area contributed by atoms with Gasteiger partial charge < -0.3 is 5.32 Å². The normalized spacial score (nSPS) is 11.3. The molecule has 18 heavy (non-hydrogen) atoms. The number of halogens is 2. The molecule has 0 aliphatic carbocycles. The monoisotopic (exact) mass is 402 g/mol. The van der Waals surface area contributed by atoms with Gasteiger partial charge in [0.25, 0.3) is 5.91 Å². The first-order chi connectivity index (χ1) is 8.35. The van der Waals surface area contributed by atoms with E-state index in [1.807, 2.05) is 0 Å². The highest BCUT2D eigenvalue weighted by atomic mass is 127. The summed E-state index contributed by atoms with van der Waals surface area (Å²) in [5.41, 5.74) is 0.405. The number of carbonyl (C=O) groups excluding carboxylic acids is 1. The minimum absolute atomic E-state index is 0.0472. The van der Waals surface area contributed by atoms with Crippen molar-refractivity contribution >= 4 is 50.1 Å². The van der Waals surface area contributed by atoms with Crippen LogP contribution in [0.1, 0.15) is 10.4 Å². The summed E-state index contributed by atoms with van der Waals surface area (Å²) in [5, 5.41) is 3.01. The first-order valence-corrected chi connectivity index (χ1v) is 8.11. The van der Waals surface area contributed by atoms with Gasteiger partial charge in [0.2, 0.25) is 10.0 Å². The van der Waals surface area contributed by atoms with Gasteiger partial charge in [-0.15, -0.1) is 0 Å². The lowest BCUT2D eigenvalue weighted by Crippen LogP contribution is -2.32. The maximum Gasteiger partial charge on any atom is 0.251 e. The van der Waals surface area contributed by atoms with Crippen LogP contribution in [-0.4, -0.2) is 33.7 Å². The van der Waals surface area contributed by atoms with Crippen molar-refractivity contribution in [3.05, 3.63) is 32.4 Å². The molecule has 0 fully saturated rings. The molecule has 0 bridgehead atoms. The van der Waals surface area contributed by atoms with Crippen LogP contribution in [0, 0.1) is 3.57 Å². The van der Waals surface area contributed by atoms with Crippen LogP contribution in [0.5, 0.6) is 0 Å². The average molecular weight is 403 g/mol. The van der Waals surface area contributed by atoms with E-state index in [9.17, 15) is 13.2 Å². The van der Waals surface area contributed by atoms with E-state index in [1.165, 1.54) is 7.05 Å². The second-order valence-corrected chi connectivity index (χ2v) is 7.02. The van der Waals surface area contributed by atoms with Crippen LogP contribution in [0.3, 0.4) is 0 Å². The minimum atomic E-state index is -3.30. The zero-order valence-electron chi connectivity index (χ0n) is 9.54. The molecule has 1 aromatic carbocycles. The first-order valence-electron chi connectivity index (χ1n) is 5.00. The third kappa shape index (κ3) is 4.71. The number of benzene rings is 1. The topological polar surface area (TPSA) is 75.3 Å². The molecule has 0 aliphatic heterocycles. The third-order valence-corrected chi connectivity index (χ3v) is 5.08. The lowest BCUT2D eigenvalue weighted by atomic mass is 10.2. The molecule has 0 spiro atoms. The van der Waals surface area contributed by atoms with Gasteiger partial charge in [0.05, 0.1) is 10.8 Å². The number of amides is 1. The summed E-state index contributed by atoms with van der Waals surface area (Å²) in [6.45, 7) is 0.0472. The quantitative estimate of drug-likeness (QED) is 0.727. The van der Waals surface area contributed by atoms with Gasteiger partial charge in [-0.25, -0.2) is 13.1 Å². The zero-order valence-corrected chi connectivity index (χ0v) is 13.3. The molecule has 2 N–H and O–H groups in total. The molecule has 0 aromatic heterocycles. The fourth-order valence-electron chi connectivity index (χ4n) is 1.14. The van der Waals surface area contributed by atoms with Crippen molar-refractivity contribution in [2.45, 2.75) is 0 Å². The van der Waals surface area contributed by atoms with E-state index in [1.54, 1.807) is 18.2 Å². The zero-order chi connectivity index (χ0) is 13.8. The first kappa shape index (κ1) is 15.7. The number of hydrogen-bond acceptors (Lipinski definition) is 3. The summed E-state index contributed by atoms with van der Waals surface area (Å²) in [6.07, 6.45) is 0. The molecule has 1 aromatic rings. The highest BCUT2D eigenvalue weighted by molar-refractivity contribution is 14.1. The molecule has 0 saturated carbocycles. The molecule has 0 atom stereocenters. The fourth-order valence-corrected chi connectivity index (χ4v) is 2.23. The Hall–Kier alpha value is -0.380. The molecule has 0 saturated heterocycles. The van der Waals surface area contributed by atoms with E-state index >= 15 is 0 Å². The molecule has 8 heteroatoms. The molecular weight excluding hydrogens is 391 g/mol. The van der Waals surface area contributed by atoms with Crippen LogP contribution in [0.2, 0.25) is 5.02 Å². The number of carbonyl (C=O) groups is 1. The Balaban J connectivity index is 2.58. The average Bonchev–Trinajstić information content (AvgIpc) is 2.32. The van der Waals surface area contributed by atoms with Crippen LogP contribution in [-0.2, 0) is 10.0 Å². The number of hydrogen-bond donors (Lipinski definition) is 2. The molecular formula is C10H12ClIN2O3S. The maximum absolute atomic E-state index is 11.7. The van der Waals surface area contributed by atoms with Crippen LogP contribution in [0.4, 0.5) is 0 Å². The molecule has 1 amide bonds.